The molecule has 0 atom stereocenters. The van der Waals surface area contributed by atoms with Crippen LogP contribution in [0.2, 0.25) is 10.0 Å². The normalized spacial score (nSPS) is 10.8. The lowest BCUT2D eigenvalue weighted by atomic mass is 10.2. The van der Waals surface area contributed by atoms with Crippen LogP contribution in [0, 0.1) is 0 Å². The molecule has 0 aliphatic carbocycles. The SMILES string of the molecule is O=C(Nc1nn(Cc2ccccc2Cl)cc1Cl)c1ccc(COc2ccc(Br)cc2)o1. The zero-order valence-corrected chi connectivity index (χ0v) is 19.1. The van der Waals surface area contributed by atoms with E-state index in [0.29, 0.717) is 28.1 Å². The fourth-order valence-electron chi connectivity index (χ4n) is 2.80. The molecular weight excluding hydrogens is 505 g/mol. The van der Waals surface area contributed by atoms with Crippen LogP contribution >= 0.6 is 39.1 Å². The summed E-state index contributed by atoms with van der Waals surface area (Å²) < 4.78 is 13.8. The van der Waals surface area contributed by atoms with E-state index < -0.39 is 5.91 Å². The number of carbonyl (C=O) groups excluding carboxylic acids is 1. The molecule has 158 valence electrons. The van der Waals surface area contributed by atoms with E-state index in [0.717, 1.165) is 10.0 Å². The van der Waals surface area contributed by atoms with E-state index in [4.69, 9.17) is 32.4 Å². The Bertz CT molecular complexity index is 1200. The van der Waals surface area contributed by atoms with Crippen LogP contribution in [-0.2, 0) is 13.2 Å². The van der Waals surface area contributed by atoms with Crippen molar-refractivity contribution >= 4 is 50.9 Å². The highest BCUT2D eigenvalue weighted by Crippen LogP contribution is 2.23. The van der Waals surface area contributed by atoms with E-state index in [9.17, 15) is 4.79 Å². The van der Waals surface area contributed by atoms with Crippen molar-refractivity contribution in [3.05, 3.63) is 98.5 Å². The number of halogens is 3. The summed E-state index contributed by atoms with van der Waals surface area (Å²) in [4.78, 5) is 12.5. The Balaban J connectivity index is 1.38. The molecular formula is C22H16BrCl2N3O3. The monoisotopic (exact) mass is 519 g/mol. The lowest BCUT2D eigenvalue weighted by molar-refractivity contribution is 0.0992. The number of anilines is 1. The fourth-order valence-corrected chi connectivity index (χ4v) is 3.45. The van der Waals surface area contributed by atoms with Gasteiger partial charge in [0, 0.05) is 15.7 Å². The van der Waals surface area contributed by atoms with E-state index in [2.05, 4.69) is 26.3 Å². The standard InChI is InChI=1S/C22H16BrCl2N3O3/c23-15-5-7-16(8-6-15)30-13-17-9-10-20(31-17)22(29)26-21-19(25)12-28(27-21)11-14-3-1-2-4-18(14)24/h1-10,12H,11,13H2,(H,26,27,29). The van der Waals surface area contributed by atoms with Crippen LogP contribution in [-0.4, -0.2) is 15.7 Å². The number of carbonyl (C=O) groups is 1. The molecule has 4 aromatic rings. The molecule has 0 radical (unpaired) electrons. The Morgan fingerprint density at radius 1 is 1.06 bits per heavy atom. The number of hydrogen-bond acceptors (Lipinski definition) is 4. The van der Waals surface area contributed by atoms with Gasteiger partial charge in [0.15, 0.2) is 11.6 Å². The van der Waals surface area contributed by atoms with Gasteiger partial charge in [0.05, 0.1) is 6.54 Å². The van der Waals surface area contributed by atoms with Crippen LogP contribution in [0.1, 0.15) is 21.9 Å². The maximum atomic E-state index is 12.5. The van der Waals surface area contributed by atoms with Crippen molar-refractivity contribution in [1.29, 1.82) is 0 Å². The third-order valence-corrected chi connectivity index (χ3v) is 5.49. The summed E-state index contributed by atoms with van der Waals surface area (Å²) in [6, 6.07) is 18.1. The molecule has 0 fully saturated rings. The summed E-state index contributed by atoms with van der Waals surface area (Å²) in [6.07, 6.45) is 1.63. The number of benzene rings is 2. The predicted molar refractivity (Wildman–Crippen MR) is 123 cm³/mol. The van der Waals surface area contributed by atoms with E-state index in [1.807, 2.05) is 42.5 Å². The molecule has 0 saturated carbocycles. The molecule has 0 bridgehead atoms. The second-order valence-corrected chi connectivity index (χ2v) is 8.31. The second kappa shape index (κ2) is 9.60. The number of rotatable bonds is 7. The Kier molecular flexibility index (Phi) is 6.65. The zero-order chi connectivity index (χ0) is 21.8. The minimum absolute atomic E-state index is 0.131. The average molecular weight is 521 g/mol. The van der Waals surface area contributed by atoms with E-state index in [1.54, 1.807) is 29.1 Å². The number of furan rings is 1. The second-order valence-electron chi connectivity index (χ2n) is 6.58. The maximum Gasteiger partial charge on any atom is 0.292 e. The molecule has 0 unspecified atom stereocenters. The Hall–Kier alpha value is -2.74. The van der Waals surface area contributed by atoms with E-state index in [-0.39, 0.29) is 18.2 Å². The number of aromatic nitrogens is 2. The number of nitrogens with one attached hydrogen (secondary N) is 1. The van der Waals surface area contributed by atoms with Gasteiger partial charge in [-0.2, -0.15) is 5.10 Å². The Morgan fingerprint density at radius 3 is 2.61 bits per heavy atom. The largest absolute Gasteiger partial charge is 0.486 e. The lowest BCUT2D eigenvalue weighted by Gasteiger charge is -2.04. The molecule has 9 heteroatoms. The number of ether oxygens (including phenoxy) is 1. The van der Waals surface area contributed by atoms with Crippen molar-refractivity contribution in [1.82, 2.24) is 9.78 Å². The van der Waals surface area contributed by atoms with Gasteiger partial charge in [-0.3, -0.25) is 9.48 Å². The van der Waals surface area contributed by atoms with Gasteiger partial charge in [0.2, 0.25) is 0 Å². The first kappa shape index (κ1) is 21.5. The molecule has 0 spiro atoms. The van der Waals surface area contributed by atoms with E-state index in [1.165, 1.54) is 0 Å². The minimum atomic E-state index is -0.459. The molecule has 1 amide bonds. The van der Waals surface area contributed by atoms with Gasteiger partial charge in [-0.1, -0.05) is 57.3 Å². The Morgan fingerprint density at radius 2 is 1.84 bits per heavy atom. The smallest absolute Gasteiger partial charge is 0.292 e. The fraction of sp³-hybridized carbons (Fsp3) is 0.0909. The summed E-state index contributed by atoms with van der Waals surface area (Å²) in [6.45, 7) is 0.621. The molecule has 2 aromatic heterocycles. The quantitative estimate of drug-likeness (QED) is 0.305. The topological polar surface area (TPSA) is 69.3 Å². The maximum absolute atomic E-state index is 12.5. The van der Waals surface area contributed by atoms with Crippen molar-refractivity contribution in [2.75, 3.05) is 5.32 Å². The molecule has 2 aromatic carbocycles. The highest BCUT2D eigenvalue weighted by molar-refractivity contribution is 9.10. The van der Waals surface area contributed by atoms with Crippen molar-refractivity contribution in [2.24, 2.45) is 0 Å². The molecule has 6 nitrogen and oxygen atoms in total. The summed E-state index contributed by atoms with van der Waals surface area (Å²) in [5.41, 5.74) is 0.891. The van der Waals surface area contributed by atoms with Crippen LogP contribution in [0.5, 0.6) is 5.75 Å². The van der Waals surface area contributed by atoms with Gasteiger partial charge in [-0.15, -0.1) is 0 Å². The first-order chi connectivity index (χ1) is 15.0. The molecule has 2 heterocycles. The molecule has 0 aliphatic heterocycles. The number of amides is 1. The van der Waals surface area contributed by atoms with Crippen molar-refractivity contribution in [3.63, 3.8) is 0 Å². The highest BCUT2D eigenvalue weighted by atomic mass is 79.9. The zero-order valence-electron chi connectivity index (χ0n) is 16.0. The predicted octanol–water partition coefficient (Wildman–Crippen LogP) is 6.43. The molecule has 1 N–H and O–H groups in total. The first-order valence-corrected chi connectivity index (χ1v) is 10.8. The summed E-state index contributed by atoms with van der Waals surface area (Å²) in [7, 11) is 0. The first-order valence-electron chi connectivity index (χ1n) is 9.23. The molecule has 31 heavy (non-hydrogen) atoms. The van der Waals surface area contributed by atoms with Gasteiger partial charge in [0.1, 0.15) is 23.1 Å². The number of nitrogens with zero attached hydrogens (tertiary/aromatic N) is 2. The van der Waals surface area contributed by atoms with Crippen LogP contribution < -0.4 is 10.1 Å². The summed E-state index contributed by atoms with van der Waals surface area (Å²) >= 11 is 15.8. The average Bonchev–Trinajstić information content (AvgIpc) is 3.36. The van der Waals surface area contributed by atoms with Gasteiger partial charge < -0.3 is 14.5 Å². The number of hydrogen-bond donors (Lipinski definition) is 1. The Labute approximate surface area is 196 Å². The van der Waals surface area contributed by atoms with Crippen molar-refractivity contribution in [2.45, 2.75) is 13.2 Å². The van der Waals surface area contributed by atoms with Gasteiger partial charge in [-0.05, 0) is 48.0 Å². The van der Waals surface area contributed by atoms with E-state index >= 15 is 0 Å². The summed E-state index contributed by atoms with van der Waals surface area (Å²) in [5.74, 6) is 1.12. The van der Waals surface area contributed by atoms with Crippen molar-refractivity contribution < 1.29 is 13.9 Å². The minimum Gasteiger partial charge on any atom is -0.486 e. The molecule has 4 rings (SSSR count). The van der Waals surface area contributed by atoms with Gasteiger partial charge in [-0.25, -0.2) is 0 Å². The molecule has 0 aliphatic rings. The third kappa shape index (κ3) is 5.50. The molecule has 0 saturated heterocycles. The third-order valence-electron chi connectivity index (χ3n) is 4.32. The van der Waals surface area contributed by atoms with Crippen LogP contribution in [0.4, 0.5) is 5.82 Å². The lowest BCUT2D eigenvalue weighted by Crippen LogP contribution is -2.12. The van der Waals surface area contributed by atoms with Gasteiger partial charge in [0.25, 0.3) is 5.91 Å². The van der Waals surface area contributed by atoms with Crippen LogP contribution in [0.3, 0.4) is 0 Å². The van der Waals surface area contributed by atoms with Crippen LogP contribution in [0.15, 0.2) is 75.8 Å². The van der Waals surface area contributed by atoms with Gasteiger partial charge >= 0.3 is 0 Å². The van der Waals surface area contributed by atoms with Crippen molar-refractivity contribution in [3.8, 4) is 5.75 Å². The summed E-state index contributed by atoms with van der Waals surface area (Å²) in [5, 5.41) is 7.93. The van der Waals surface area contributed by atoms with Crippen LogP contribution in [0.25, 0.3) is 0 Å². The highest BCUT2D eigenvalue weighted by Gasteiger charge is 2.16.